The van der Waals surface area contributed by atoms with Crippen LogP contribution in [-0.2, 0) is 6.61 Å². The van der Waals surface area contributed by atoms with Crippen molar-refractivity contribution in [3.05, 3.63) is 63.4 Å². The molecule has 2 aromatic carbocycles. The summed E-state index contributed by atoms with van der Waals surface area (Å²) >= 11 is 11.7. The molecule has 0 aliphatic carbocycles. The SMILES string of the molecule is N#Cc1ccc(F)cc1COc1cc(Cl)cc(Cl)c1. The number of halogens is 3. The summed E-state index contributed by atoms with van der Waals surface area (Å²) in [4.78, 5) is 0. The van der Waals surface area contributed by atoms with Gasteiger partial charge in [-0.05, 0) is 36.4 Å². The Balaban J connectivity index is 2.19. The van der Waals surface area contributed by atoms with Gasteiger partial charge in [-0.1, -0.05) is 23.2 Å². The van der Waals surface area contributed by atoms with E-state index in [1.807, 2.05) is 6.07 Å². The van der Waals surface area contributed by atoms with E-state index in [0.29, 0.717) is 26.9 Å². The number of ether oxygens (including phenoxy) is 1. The Morgan fingerprint density at radius 1 is 1.11 bits per heavy atom. The third kappa shape index (κ3) is 3.60. The van der Waals surface area contributed by atoms with Crippen LogP contribution in [-0.4, -0.2) is 0 Å². The first kappa shape index (κ1) is 13.7. The minimum atomic E-state index is -0.415. The lowest BCUT2D eigenvalue weighted by molar-refractivity contribution is 0.305. The monoisotopic (exact) mass is 295 g/mol. The number of rotatable bonds is 3. The van der Waals surface area contributed by atoms with Crippen LogP contribution in [0.25, 0.3) is 0 Å². The molecule has 0 fully saturated rings. The second kappa shape index (κ2) is 5.92. The molecule has 0 amide bonds. The van der Waals surface area contributed by atoms with Crippen LogP contribution in [0.1, 0.15) is 11.1 Å². The predicted octanol–water partition coefficient (Wildman–Crippen LogP) is 4.58. The first-order chi connectivity index (χ1) is 9.08. The van der Waals surface area contributed by atoms with E-state index in [0.717, 1.165) is 0 Å². The molecule has 0 heterocycles. The molecule has 0 atom stereocenters. The second-order valence-electron chi connectivity index (χ2n) is 3.81. The Labute approximate surface area is 119 Å². The van der Waals surface area contributed by atoms with Gasteiger partial charge in [0.05, 0.1) is 11.6 Å². The third-order valence-corrected chi connectivity index (χ3v) is 2.85. The highest BCUT2D eigenvalue weighted by molar-refractivity contribution is 6.34. The zero-order valence-corrected chi connectivity index (χ0v) is 11.2. The maximum Gasteiger partial charge on any atom is 0.123 e. The molecule has 2 rings (SSSR count). The van der Waals surface area contributed by atoms with Crippen molar-refractivity contribution in [2.75, 3.05) is 0 Å². The lowest BCUT2D eigenvalue weighted by Crippen LogP contribution is -1.99. The van der Waals surface area contributed by atoms with Crippen LogP contribution < -0.4 is 4.74 Å². The van der Waals surface area contributed by atoms with Crippen molar-refractivity contribution in [3.63, 3.8) is 0 Å². The molecule has 0 saturated carbocycles. The molecular weight excluding hydrogens is 288 g/mol. The van der Waals surface area contributed by atoms with E-state index in [1.165, 1.54) is 18.2 Å². The van der Waals surface area contributed by atoms with Crippen LogP contribution in [0, 0.1) is 17.1 Å². The average Bonchev–Trinajstić information content (AvgIpc) is 2.35. The molecule has 0 N–H and O–H groups in total. The van der Waals surface area contributed by atoms with Crippen LogP contribution in [0.4, 0.5) is 4.39 Å². The highest BCUT2D eigenvalue weighted by atomic mass is 35.5. The van der Waals surface area contributed by atoms with Gasteiger partial charge in [0.15, 0.2) is 0 Å². The van der Waals surface area contributed by atoms with Gasteiger partial charge >= 0.3 is 0 Å². The first-order valence-electron chi connectivity index (χ1n) is 5.36. The summed E-state index contributed by atoms with van der Waals surface area (Å²) in [7, 11) is 0. The predicted molar refractivity (Wildman–Crippen MR) is 71.9 cm³/mol. The fourth-order valence-electron chi connectivity index (χ4n) is 1.56. The van der Waals surface area contributed by atoms with Gasteiger partial charge in [0.2, 0.25) is 0 Å². The van der Waals surface area contributed by atoms with Gasteiger partial charge in [-0.2, -0.15) is 5.26 Å². The largest absolute Gasteiger partial charge is 0.489 e. The molecule has 0 aliphatic rings. The van der Waals surface area contributed by atoms with Gasteiger partial charge in [0.1, 0.15) is 18.2 Å². The van der Waals surface area contributed by atoms with Crippen molar-refractivity contribution >= 4 is 23.2 Å². The van der Waals surface area contributed by atoms with E-state index in [1.54, 1.807) is 18.2 Å². The Hall–Kier alpha value is -1.76. The van der Waals surface area contributed by atoms with E-state index in [-0.39, 0.29) is 6.61 Å². The Bertz CT molecular complexity index is 632. The summed E-state index contributed by atoms with van der Waals surface area (Å²) in [6.45, 7) is 0.0668. The molecule has 19 heavy (non-hydrogen) atoms. The van der Waals surface area contributed by atoms with Gasteiger partial charge in [-0.3, -0.25) is 0 Å². The Morgan fingerprint density at radius 3 is 2.42 bits per heavy atom. The molecular formula is C14H8Cl2FNO. The molecule has 5 heteroatoms. The number of nitrogens with zero attached hydrogens (tertiary/aromatic N) is 1. The molecule has 0 radical (unpaired) electrons. The topological polar surface area (TPSA) is 33.0 Å². The van der Waals surface area contributed by atoms with Crippen molar-refractivity contribution in [1.82, 2.24) is 0 Å². The summed E-state index contributed by atoms with van der Waals surface area (Å²) in [5.41, 5.74) is 0.841. The molecule has 2 nitrogen and oxygen atoms in total. The Kier molecular flexibility index (Phi) is 4.26. The molecule has 0 aliphatic heterocycles. The van der Waals surface area contributed by atoms with Crippen LogP contribution >= 0.6 is 23.2 Å². The number of nitriles is 1. The molecule has 0 bridgehead atoms. The highest BCUT2D eigenvalue weighted by Gasteiger charge is 2.06. The zero-order chi connectivity index (χ0) is 13.8. The Morgan fingerprint density at radius 2 is 1.79 bits per heavy atom. The minimum absolute atomic E-state index is 0.0668. The van der Waals surface area contributed by atoms with Crippen LogP contribution in [0.15, 0.2) is 36.4 Å². The second-order valence-corrected chi connectivity index (χ2v) is 4.68. The average molecular weight is 296 g/mol. The summed E-state index contributed by atoms with van der Waals surface area (Å²) in [6, 6.07) is 10.7. The molecule has 0 aromatic heterocycles. The van der Waals surface area contributed by atoms with E-state index < -0.39 is 5.82 Å². The summed E-state index contributed by atoms with van der Waals surface area (Å²) in [5.74, 6) is 0.0485. The smallest absolute Gasteiger partial charge is 0.123 e. The zero-order valence-electron chi connectivity index (χ0n) is 9.66. The maximum atomic E-state index is 13.1. The van der Waals surface area contributed by atoms with Crippen LogP contribution in [0.5, 0.6) is 5.75 Å². The number of hydrogen-bond acceptors (Lipinski definition) is 2. The summed E-state index contributed by atoms with van der Waals surface area (Å²) in [6.07, 6.45) is 0. The molecule has 0 saturated heterocycles. The molecule has 0 unspecified atom stereocenters. The van der Waals surface area contributed by atoms with Gasteiger partial charge in [0, 0.05) is 15.6 Å². The first-order valence-corrected chi connectivity index (χ1v) is 6.11. The van der Waals surface area contributed by atoms with Crippen molar-refractivity contribution in [2.24, 2.45) is 0 Å². The molecule has 96 valence electrons. The van der Waals surface area contributed by atoms with Gasteiger partial charge in [-0.25, -0.2) is 4.39 Å². The normalized spacial score (nSPS) is 10.0. The van der Waals surface area contributed by atoms with E-state index in [4.69, 9.17) is 33.2 Å². The standard InChI is InChI=1S/C14H8Cl2FNO/c15-11-4-12(16)6-14(5-11)19-8-10-3-13(17)2-1-9(10)7-18/h1-6H,8H2. The molecule has 2 aromatic rings. The highest BCUT2D eigenvalue weighted by Crippen LogP contribution is 2.25. The van der Waals surface area contributed by atoms with Crippen molar-refractivity contribution in [2.45, 2.75) is 6.61 Å². The number of benzene rings is 2. The van der Waals surface area contributed by atoms with Crippen molar-refractivity contribution in [3.8, 4) is 11.8 Å². The fraction of sp³-hybridized carbons (Fsp3) is 0.0714. The maximum absolute atomic E-state index is 13.1. The van der Waals surface area contributed by atoms with E-state index >= 15 is 0 Å². The van der Waals surface area contributed by atoms with E-state index in [9.17, 15) is 4.39 Å². The van der Waals surface area contributed by atoms with Crippen LogP contribution in [0.2, 0.25) is 10.0 Å². The van der Waals surface area contributed by atoms with Gasteiger partial charge in [-0.15, -0.1) is 0 Å². The lowest BCUT2D eigenvalue weighted by Gasteiger charge is -2.08. The third-order valence-electron chi connectivity index (χ3n) is 2.42. The molecule has 0 spiro atoms. The van der Waals surface area contributed by atoms with Crippen LogP contribution in [0.3, 0.4) is 0 Å². The van der Waals surface area contributed by atoms with E-state index in [2.05, 4.69) is 0 Å². The summed E-state index contributed by atoms with van der Waals surface area (Å²) in [5, 5.41) is 9.82. The summed E-state index contributed by atoms with van der Waals surface area (Å²) < 4.78 is 18.6. The fourth-order valence-corrected chi connectivity index (χ4v) is 2.07. The number of hydrogen-bond donors (Lipinski definition) is 0. The van der Waals surface area contributed by atoms with Crippen molar-refractivity contribution < 1.29 is 9.13 Å². The lowest BCUT2D eigenvalue weighted by atomic mass is 10.1. The van der Waals surface area contributed by atoms with Gasteiger partial charge in [0.25, 0.3) is 0 Å². The van der Waals surface area contributed by atoms with Crippen molar-refractivity contribution in [1.29, 1.82) is 5.26 Å². The van der Waals surface area contributed by atoms with Gasteiger partial charge < -0.3 is 4.74 Å². The quantitative estimate of drug-likeness (QED) is 0.830. The minimum Gasteiger partial charge on any atom is -0.489 e.